The molecule has 0 radical (unpaired) electrons. The molecular weight excluding hydrogens is 723 g/mol. The molecule has 0 spiro atoms. The molecule has 12 rings (SSSR count). The number of nitrogens with zero attached hydrogens (tertiary/aromatic N) is 3. The van der Waals surface area contributed by atoms with Crippen molar-refractivity contribution in [2.75, 3.05) is 0 Å². The lowest BCUT2D eigenvalue weighted by Crippen LogP contribution is -2.25. The zero-order valence-electron chi connectivity index (χ0n) is 32.9. The highest BCUT2D eigenvalue weighted by Gasteiger charge is 2.30. The number of aliphatic imine (C=N–C) groups is 1. The second-order valence-electron chi connectivity index (χ2n) is 17.2. The minimum atomic E-state index is 0.154. The van der Waals surface area contributed by atoms with Crippen molar-refractivity contribution in [3.63, 3.8) is 0 Å². The lowest BCUT2D eigenvalue weighted by molar-refractivity contribution is 0.490. The number of pyridine rings is 1. The zero-order valence-corrected chi connectivity index (χ0v) is 33.7. The summed E-state index contributed by atoms with van der Waals surface area (Å²) < 4.78 is 3.89. The minimum Gasteiger partial charge on any atom is -0.310 e. The third-order valence-corrected chi connectivity index (χ3v) is 15.1. The van der Waals surface area contributed by atoms with Gasteiger partial charge in [0, 0.05) is 44.3 Å². The molecule has 3 aromatic heterocycles. The Labute approximate surface area is 344 Å². The fourth-order valence-corrected chi connectivity index (χ4v) is 12.2. The number of aryl methyl sites for hydroxylation is 3. The Bertz CT molecular complexity index is 2860. The van der Waals surface area contributed by atoms with E-state index in [1.54, 1.807) is 4.88 Å². The summed E-state index contributed by atoms with van der Waals surface area (Å²) >= 11 is 2.03. The molecule has 284 valence electrons. The minimum absolute atomic E-state index is 0.154. The maximum absolute atomic E-state index is 5.60. The maximum Gasteiger partial charge on any atom is 0.0855 e. The first kappa shape index (κ1) is 34.5. The van der Waals surface area contributed by atoms with Crippen molar-refractivity contribution in [1.82, 2.24) is 9.55 Å². The van der Waals surface area contributed by atoms with Crippen LogP contribution < -0.4 is 0 Å². The number of aromatic nitrogens is 2. The first-order valence-corrected chi connectivity index (χ1v) is 22.5. The van der Waals surface area contributed by atoms with E-state index in [9.17, 15) is 0 Å². The Morgan fingerprint density at radius 2 is 1.50 bits per heavy atom. The summed E-state index contributed by atoms with van der Waals surface area (Å²) in [5.74, 6) is 1.37. The summed E-state index contributed by atoms with van der Waals surface area (Å²) in [6.45, 7) is 0. The van der Waals surface area contributed by atoms with E-state index >= 15 is 0 Å². The summed E-state index contributed by atoms with van der Waals surface area (Å²) in [4.78, 5) is 12.7. The largest absolute Gasteiger partial charge is 0.310 e. The van der Waals surface area contributed by atoms with Gasteiger partial charge in [-0.3, -0.25) is 4.99 Å². The van der Waals surface area contributed by atoms with Crippen molar-refractivity contribution < 1.29 is 0 Å². The molecule has 0 saturated carbocycles. The number of dihydropyridines is 1. The molecule has 6 aromatic rings. The lowest BCUT2D eigenvalue weighted by atomic mass is 9.78. The van der Waals surface area contributed by atoms with E-state index < -0.39 is 0 Å². The molecule has 0 saturated heterocycles. The Morgan fingerprint density at radius 1 is 0.707 bits per heavy atom. The van der Waals surface area contributed by atoms with E-state index in [1.807, 2.05) is 11.3 Å². The molecule has 4 atom stereocenters. The number of thiophene rings is 1. The summed E-state index contributed by atoms with van der Waals surface area (Å²) in [5, 5.41) is 2.61. The van der Waals surface area contributed by atoms with Gasteiger partial charge in [0.15, 0.2) is 0 Å². The molecule has 4 unspecified atom stereocenters. The Morgan fingerprint density at radius 3 is 2.33 bits per heavy atom. The van der Waals surface area contributed by atoms with Crippen molar-refractivity contribution in [1.29, 1.82) is 0 Å². The van der Waals surface area contributed by atoms with Crippen molar-refractivity contribution in [2.24, 2.45) is 22.7 Å². The number of hydrogen-bond donors (Lipinski definition) is 0. The molecule has 0 bridgehead atoms. The van der Waals surface area contributed by atoms with Crippen LogP contribution in [0.2, 0.25) is 0 Å². The molecule has 0 fully saturated rings. The Kier molecular flexibility index (Phi) is 8.35. The number of fused-ring (bicyclic) bond motifs is 9. The monoisotopic (exact) mass is 769 g/mol. The SMILES string of the molecule is C1=Cc2c(-c3ccc(C4=CC(C5=CC6C=CCCC6C=C5)=NC(C5C=CC(n6c7ccccc7c7ccccc76)=CC5)C4)cc3)nc3c4c(sc3c2CC1)CCCC4. The number of para-hydroxylation sites is 2. The molecule has 6 aliphatic rings. The topological polar surface area (TPSA) is 30.2 Å². The van der Waals surface area contributed by atoms with Gasteiger partial charge in [-0.15, -0.1) is 11.3 Å². The maximum atomic E-state index is 5.60. The highest BCUT2D eigenvalue weighted by atomic mass is 32.1. The molecule has 0 amide bonds. The van der Waals surface area contributed by atoms with Gasteiger partial charge in [0.05, 0.1) is 38.7 Å². The van der Waals surface area contributed by atoms with E-state index in [1.165, 1.54) is 115 Å². The molecule has 5 aliphatic carbocycles. The summed E-state index contributed by atoms with van der Waals surface area (Å²) in [6, 6.07) is 27.2. The number of rotatable bonds is 5. The number of benzene rings is 3. The Hall–Kier alpha value is -5.58. The number of allylic oxidation sites excluding steroid dienone is 11. The van der Waals surface area contributed by atoms with Crippen LogP contribution in [0.25, 0.3) is 60.6 Å². The van der Waals surface area contributed by atoms with E-state index in [-0.39, 0.29) is 6.04 Å². The third-order valence-electron chi connectivity index (χ3n) is 13.8. The Balaban J connectivity index is 0.892. The molecule has 4 heterocycles. The average molecular weight is 770 g/mol. The molecule has 0 N–H and O–H groups in total. The fourth-order valence-electron chi connectivity index (χ4n) is 10.8. The average Bonchev–Trinajstić information content (AvgIpc) is 3.85. The van der Waals surface area contributed by atoms with Gasteiger partial charge in [0.25, 0.3) is 0 Å². The molecule has 3 aromatic carbocycles. The molecular formula is C54H47N3S. The van der Waals surface area contributed by atoms with Gasteiger partial charge in [-0.1, -0.05) is 115 Å². The first-order chi connectivity index (χ1) is 28.7. The highest BCUT2D eigenvalue weighted by molar-refractivity contribution is 7.19. The highest BCUT2D eigenvalue weighted by Crippen LogP contribution is 2.44. The van der Waals surface area contributed by atoms with Crippen LogP contribution in [0.15, 0.2) is 144 Å². The summed E-state index contributed by atoms with van der Waals surface area (Å²) in [7, 11) is 0. The standard InChI is InChI=1S/C54H47N3S/c1-2-12-38-31-39(26-23-34(38)11-1)48-33-40(32-47(55-48)36-27-29-41(30-28-36)57-49-18-8-5-13-42(49)43-14-6-9-19-50(43)57)35-21-24-37(25-22-35)52-44-15-3-4-16-45(44)54-53(56-52)46-17-7-10-20-51(46)58-54/h2-3,5-6,8-9,12-15,18-19,21-27,29-31,33-34,36,38,47H,1,4,7,10-11,16-17,20,28,32H2. The van der Waals surface area contributed by atoms with Gasteiger partial charge in [0.2, 0.25) is 0 Å². The van der Waals surface area contributed by atoms with Gasteiger partial charge in [-0.25, -0.2) is 4.98 Å². The second-order valence-corrected chi connectivity index (χ2v) is 18.3. The van der Waals surface area contributed by atoms with Crippen LogP contribution in [0.4, 0.5) is 0 Å². The van der Waals surface area contributed by atoms with Crippen LogP contribution in [-0.2, 0) is 19.3 Å². The van der Waals surface area contributed by atoms with Crippen LogP contribution in [0.5, 0.6) is 0 Å². The third kappa shape index (κ3) is 5.74. The fraction of sp³-hybridized carbons (Fsp3) is 0.259. The van der Waals surface area contributed by atoms with Crippen LogP contribution in [0.1, 0.15) is 72.1 Å². The smallest absolute Gasteiger partial charge is 0.0855 e. The second kappa shape index (κ2) is 14.1. The van der Waals surface area contributed by atoms with E-state index in [4.69, 9.17) is 9.98 Å². The molecule has 1 aliphatic heterocycles. The van der Waals surface area contributed by atoms with Crippen molar-refractivity contribution in [3.8, 4) is 11.3 Å². The van der Waals surface area contributed by atoms with Crippen LogP contribution in [0.3, 0.4) is 0 Å². The molecule has 58 heavy (non-hydrogen) atoms. The summed E-state index contributed by atoms with van der Waals surface area (Å²) in [5.41, 5.74) is 16.9. The van der Waals surface area contributed by atoms with Crippen molar-refractivity contribution >= 4 is 66.4 Å². The van der Waals surface area contributed by atoms with E-state index in [2.05, 4.69) is 144 Å². The van der Waals surface area contributed by atoms with Crippen molar-refractivity contribution in [3.05, 3.63) is 166 Å². The zero-order chi connectivity index (χ0) is 38.2. The number of hydrogen-bond acceptors (Lipinski definition) is 3. The normalized spacial score (nSPS) is 23.7. The van der Waals surface area contributed by atoms with Gasteiger partial charge in [0.1, 0.15) is 0 Å². The van der Waals surface area contributed by atoms with Crippen LogP contribution in [-0.4, -0.2) is 21.3 Å². The quantitative estimate of drug-likeness (QED) is 0.161. The lowest BCUT2D eigenvalue weighted by Gasteiger charge is -2.31. The van der Waals surface area contributed by atoms with Crippen molar-refractivity contribution in [2.45, 2.75) is 70.3 Å². The predicted molar refractivity (Wildman–Crippen MR) is 246 cm³/mol. The first-order valence-electron chi connectivity index (χ1n) is 21.7. The van der Waals surface area contributed by atoms with Gasteiger partial charge < -0.3 is 4.57 Å². The van der Waals surface area contributed by atoms with Gasteiger partial charge >= 0.3 is 0 Å². The predicted octanol–water partition coefficient (Wildman–Crippen LogP) is 13.7. The van der Waals surface area contributed by atoms with Crippen LogP contribution >= 0.6 is 11.3 Å². The molecule has 4 heteroatoms. The van der Waals surface area contributed by atoms with Gasteiger partial charge in [-0.05, 0) is 122 Å². The molecule has 3 nitrogen and oxygen atoms in total. The van der Waals surface area contributed by atoms with E-state index in [0.717, 1.165) is 37.1 Å². The van der Waals surface area contributed by atoms with Crippen LogP contribution in [0, 0.1) is 17.8 Å². The summed E-state index contributed by atoms with van der Waals surface area (Å²) in [6.07, 6.45) is 37.9. The van der Waals surface area contributed by atoms with Gasteiger partial charge in [-0.2, -0.15) is 0 Å². The van der Waals surface area contributed by atoms with E-state index in [0.29, 0.717) is 17.8 Å².